The van der Waals surface area contributed by atoms with Crippen LogP contribution in [0.2, 0.25) is 0 Å². The van der Waals surface area contributed by atoms with E-state index in [0.717, 1.165) is 5.56 Å². The lowest BCUT2D eigenvalue weighted by Crippen LogP contribution is -2.39. The van der Waals surface area contributed by atoms with Gasteiger partial charge in [-0.05, 0) is 24.6 Å². The molecule has 1 atom stereocenters. The number of aromatic nitrogens is 2. The molecule has 0 saturated heterocycles. The summed E-state index contributed by atoms with van der Waals surface area (Å²) in [5.74, 6) is 0.0362. The first-order chi connectivity index (χ1) is 12.9. The normalized spacial score (nSPS) is 12.3. The van der Waals surface area contributed by atoms with E-state index < -0.39 is 16.8 Å². The van der Waals surface area contributed by atoms with Gasteiger partial charge in [0.05, 0.1) is 16.9 Å². The monoisotopic (exact) mass is 403 g/mol. The van der Waals surface area contributed by atoms with Gasteiger partial charge in [0.15, 0.2) is 4.84 Å². The summed E-state index contributed by atoms with van der Waals surface area (Å²) in [7, 11) is 1.65. The summed E-state index contributed by atoms with van der Waals surface area (Å²) in [5.41, 5.74) is 1.35. The second-order valence-corrected chi connectivity index (χ2v) is 7.38. The standard InChI is InChI=1S/C20H19Cl2N3O2/c1-13(18-23-16-11-7-6-10-15(16)19(26)24(18)2)25(20(27)17(21)22)12-14-8-4-3-5-9-14/h3-11,13,17H,12H2,1-2H3. The van der Waals surface area contributed by atoms with Gasteiger partial charge in [-0.1, -0.05) is 65.7 Å². The van der Waals surface area contributed by atoms with Crippen molar-refractivity contribution in [2.24, 2.45) is 7.05 Å². The highest BCUT2D eigenvalue weighted by Gasteiger charge is 2.28. The highest BCUT2D eigenvalue weighted by atomic mass is 35.5. The van der Waals surface area contributed by atoms with Gasteiger partial charge >= 0.3 is 0 Å². The van der Waals surface area contributed by atoms with E-state index in [-0.39, 0.29) is 5.56 Å². The van der Waals surface area contributed by atoms with Crippen LogP contribution >= 0.6 is 23.2 Å². The average molecular weight is 404 g/mol. The highest BCUT2D eigenvalue weighted by molar-refractivity contribution is 6.53. The molecule has 1 unspecified atom stereocenters. The van der Waals surface area contributed by atoms with Gasteiger partial charge in [-0.25, -0.2) is 4.98 Å². The van der Waals surface area contributed by atoms with E-state index >= 15 is 0 Å². The van der Waals surface area contributed by atoms with Crippen LogP contribution in [0.4, 0.5) is 0 Å². The number of carbonyl (C=O) groups is 1. The molecule has 1 aromatic heterocycles. The molecule has 1 amide bonds. The largest absolute Gasteiger partial charge is 0.326 e. The number of amides is 1. The molecule has 0 spiro atoms. The summed E-state index contributed by atoms with van der Waals surface area (Å²) in [5, 5.41) is 0.532. The van der Waals surface area contributed by atoms with E-state index in [1.165, 1.54) is 9.47 Å². The van der Waals surface area contributed by atoms with Crippen LogP contribution in [0.3, 0.4) is 0 Å². The molecule has 140 valence electrons. The minimum absolute atomic E-state index is 0.164. The Hall–Kier alpha value is -2.37. The van der Waals surface area contributed by atoms with Crippen LogP contribution in [-0.4, -0.2) is 25.2 Å². The number of nitrogens with zero attached hydrogens (tertiary/aromatic N) is 3. The van der Waals surface area contributed by atoms with Gasteiger partial charge in [0.25, 0.3) is 11.5 Å². The molecule has 3 rings (SSSR count). The average Bonchev–Trinajstić information content (AvgIpc) is 2.68. The number of alkyl halides is 2. The Morgan fingerprint density at radius 1 is 1.11 bits per heavy atom. The van der Waals surface area contributed by atoms with Gasteiger partial charge < -0.3 is 4.90 Å². The highest BCUT2D eigenvalue weighted by Crippen LogP contribution is 2.24. The van der Waals surface area contributed by atoms with Crippen LogP contribution in [0.15, 0.2) is 59.4 Å². The zero-order valence-corrected chi connectivity index (χ0v) is 16.5. The number of benzene rings is 2. The summed E-state index contributed by atoms with van der Waals surface area (Å²) in [6, 6.07) is 16.2. The number of rotatable bonds is 5. The van der Waals surface area contributed by atoms with Gasteiger partial charge in [0, 0.05) is 13.6 Å². The Labute approximate surface area is 167 Å². The fourth-order valence-electron chi connectivity index (χ4n) is 3.06. The lowest BCUT2D eigenvalue weighted by atomic mass is 10.1. The third-order valence-electron chi connectivity index (χ3n) is 4.52. The van der Waals surface area contributed by atoms with E-state index in [4.69, 9.17) is 23.2 Å². The van der Waals surface area contributed by atoms with Crippen molar-refractivity contribution < 1.29 is 4.79 Å². The van der Waals surface area contributed by atoms with E-state index in [9.17, 15) is 9.59 Å². The zero-order valence-electron chi connectivity index (χ0n) is 15.0. The summed E-state index contributed by atoms with van der Waals surface area (Å²) >= 11 is 11.7. The van der Waals surface area contributed by atoms with Gasteiger partial charge in [0.1, 0.15) is 5.82 Å². The lowest BCUT2D eigenvalue weighted by Gasteiger charge is -2.30. The summed E-state index contributed by atoms with van der Waals surface area (Å²) in [6.07, 6.45) is 0. The molecule has 7 heteroatoms. The van der Waals surface area contributed by atoms with Crippen LogP contribution in [0.5, 0.6) is 0 Å². The summed E-state index contributed by atoms with van der Waals surface area (Å²) < 4.78 is 1.47. The molecular weight excluding hydrogens is 385 g/mol. The molecule has 0 aliphatic heterocycles. The Morgan fingerprint density at radius 2 is 1.74 bits per heavy atom. The van der Waals surface area contributed by atoms with Gasteiger partial charge in [0.2, 0.25) is 0 Å². The van der Waals surface area contributed by atoms with Crippen molar-refractivity contribution in [1.29, 1.82) is 0 Å². The predicted molar refractivity (Wildman–Crippen MR) is 108 cm³/mol. The molecule has 0 aliphatic carbocycles. The minimum Gasteiger partial charge on any atom is -0.326 e. The van der Waals surface area contributed by atoms with E-state index in [1.54, 1.807) is 25.2 Å². The molecule has 0 aliphatic rings. The van der Waals surface area contributed by atoms with Crippen molar-refractivity contribution in [3.63, 3.8) is 0 Å². The van der Waals surface area contributed by atoms with Crippen LogP contribution in [0.25, 0.3) is 10.9 Å². The fourth-order valence-corrected chi connectivity index (χ4v) is 3.31. The van der Waals surface area contributed by atoms with E-state index in [0.29, 0.717) is 23.3 Å². The van der Waals surface area contributed by atoms with Crippen LogP contribution < -0.4 is 5.56 Å². The Bertz CT molecular complexity index is 1020. The van der Waals surface area contributed by atoms with Gasteiger partial charge in [-0.15, -0.1) is 0 Å². The molecule has 2 aromatic carbocycles. The third kappa shape index (κ3) is 3.99. The SMILES string of the molecule is CC(c1nc2ccccc2c(=O)n1C)N(Cc1ccccc1)C(=O)C(Cl)Cl. The number of para-hydroxylation sites is 1. The molecule has 5 nitrogen and oxygen atoms in total. The molecular formula is C20H19Cl2N3O2. The molecule has 0 bridgehead atoms. The van der Waals surface area contributed by atoms with Crippen molar-refractivity contribution in [1.82, 2.24) is 14.5 Å². The smallest absolute Gasteiger partial charge is 0.261 e. The number of hydrogen-bond donors (Lipinski definition) is 0. The molecule has 27 heavy (non-hydrogen) atoms. The molecule has 3 aromatic rings. The van der Waals surface area contributed by atoms with Crippen molar-refractivity contribution >= 4 is 40.0 Å². The second kappa shape index (κ2) is 8.11. The Kier molecular flexibility index (Phi) is 5.82. The van der Waals surface area contributed by atoms with Crippen molar-refractivity contribution in [3.8, 4) is 0 Å². The second-order valence-electron chi connectivity index (χ2n) is 6.28. The van der Waals surface area contributed by atoms with Gasteiger partial charge in [-0.3, -0.25) is 14.2 Å². The van der Waals surface area contributed by atoms with Crippen LogP contribution in [0.1, 0.15) is 24.4 Å². The Morgan fingerprint density at radius 3 is 2.41 bits per heavy atom. The number of fused-ring (bicyclic) bond motifs is 1. The lowest BCUT2D eigenvalue weighted by molar-refractivity contribution is -0.132. The van der Waals surface area contributed by atoms with E-state index in [2.05, 4.69) is 4.98 Å². The van der Waals surface area contributed by atoms with Crippen molar-refractivity contribution in [3.05, 3.63) is 76.3 Å². The Balaban J connectivity index is 2.07. The van der Waals surface area contributed by atoms with Crippen molar-refractivity contribution in [2.45, 2.75) is 24.3 Å². The first-order valence-corrected chi connectivity index (χ1v) is 9.35. The zero-order chi connectivity index (χ0) is 19.6. The molecule has 0 fully saturated rings. The summed E-state index contributed by atoms with van der Waals surface area (Å²) in [4.78, 5) is 30.3. The number of halogens is 2. The molecule has 0 radical (unpaired) electrons. The molecule has 1 heterocycles. The maximum absolute atomic E-state index is 12.7. The quantitative estimate of drug-likeness (QED) is 0.608. The first-order valence-electron chi connectivity index (χ1n) is 8.48. The predicted octanol–water partition coefficient (Wildman–Crippen LogP) is 3.83. The number of hydrogen-bond acceptors (Lipinski definition) is 3. The van der Waals surface area contributed by atoms with Crippen LogP contribution in [0, 0.1) is 0 Å². The third-order valence-corrected chi connectivity index (χ3v) is 4.90. The van der Waals surface area contributed by atoms with Crippen LogP contribution in [-0.2, 0) is 18.4 Å². The number of carbonyl (C=O) groups excluding carboxylic acids is 1. The molecule has 0 N–H and O–H groups in total. The fraction of sp³-hybridized carbons (Fsp3) is 0.250. The van der Waals surface area contributed by atoms with E-state index in [1.807, 2.05) is 43.3 Å². The first kappa shape index (κ1) is 19.4. The van der Waals surface area contributed by atoms with Gasteiger partial charge in [-0.2, -0.15) is 0 Å². The maximum Gasteiger partial charge on any atom is 0.261 e. The maximum atomic E-state index is 12.7. The summed E-state index contributed by atoms with van der Waals surface area (Å²) in [6.45, 7) is 2.12. The topological polar surface area (TPSA) is 55.2 Å². The van der Waals surface area contributed by atoms with Crippen molar-refractivity contribution in [2.75, 3.05) is 0 Å². The molecule has 0 saturated carbocycles. The minimum atomic E-state index is -1.20.